The molecule has 0 aliphatic carbocycles. The number of allylic oxidation sites excluding steroid dienone is 6. The smallest absolute Gasteiger partial charge is 0.184 e. The van der Waals surface area contributed by atoms with E-state index in [0.29, 0.717) is 0 Å². The van der Waals surface area contributed by atoms with Gasteiger partial charge in [-0.15, -0.1) is 0 Å². The lowest BCUT2D eigenvalue weighted by Gasteiger charge is -2.31. The Morgan fingerprint density at radius 2 is 1.63 bits per heavy atom. The van der Waals surface area contributed by atoms with Crippen molar-refractivity contribution < 1.29 is 9.13 Å². The number of benzene rings is 2. The third-order valence-electron chi connectivity index (χ3n) is 8.23. The van der Waals surface area contributed by atoms with Crippen molar-refractivity contribution in [2.45, 2.75) is 32.7 Å². The molecule has 0 saturated carbocycles. The van der Waals surface area contributed by atoms with Gasteiger partial charge in [-0.2, -0.15) is 9.13 Å². The van der Waals surface area contributed by atoms with Crippen LogP contribution in [0.3, 0.4) is 0 Å². The summed E-state index contributed by atoms with van der Waals surface area (Å²) in [5, 5.41) is 0. The van der Waals surface area contributed by atoms with Crippen molar-refractivity contribution in [1.82, 2.24) is 0 Å². The lowest BCUT2D eigenvalue weighted by atomic mass is 9.76. The van der Waals surface area contributed by atoms with Gasteiger partial charge in [0.05, 0.1) is 5.92 Å². The highest BCUT2D eigenvalue weighted by atomic mass is 15.1. The van der Waals surface area contributed by atoms with E-state index in [9.17, 15) is 0 Å². The van der Waals surface area contributed by atoms with Gasteiger partial charge in [0.2, 0.25) is 23.1 Å². The van der Waals surface area contributed by atoms with Crippen molar-refractivity contribution in [2.75, 3.05) is 0 Å². The quantitative estimate of drug-likeness (QED) is 0.252. The first-order valence-electron chi connectivity index (χ1n) is 13.5. The fourth-order valence-corrected chi connectivity index (χ4v) is 6.47. The molecule has 2 nitrogen and oxygen atoms in total. The molecule has 0 bridgehead atoms. The molecule has 0 spiro atoms. The zero-order valence-corrected chi connectivity index (χ0v) is 22.3. The van der Waals surface area contributed by atoms with E-state index in [4.69, 9.17) is 6.58 Å². The SMILES string of the molecule is C=CC=C1/C(=C\C)C2CCc3ccccc3-c3ccc(-c4ccccc4C)c[n+]3C(=C)C2[n+]2ccccc21. The second kappa shape index (κ2) is 9.87. The molecule has 2 aromatic carbocycles. The number of rotatable bonds is 2. The molecule has 186 valence electrons. The van der Waals surface area contributed by atoms with Crippen molar-refractivity contribution in [1.29, 1.82) is 0 Å². The largest absolute Gasteiger partial charge is 0.249 e. The molecule has 2 atom stereocenters. The van der Waals surface area contributed by atoms with Crippen molar-refractivity contribution in [2.24, 2.45) is 5.92 Å². The lowest BCUT2D eigenvalue weighted by molar-refractivity contribution is -0.740. The van der Waals surface area contributed by atoms with E-state index in [0.717, 1.165) is 18.5 Å². The van der Waals surface area contributed by atoms with Gasteiger partial charge in [-0.25, -0.2) is 0 Å². The van der Waals surface area contributed by atoms with Gasteiger partial charge < -0.3 is 0 Å². The Balaban J connectivity index is 1.64. The second-order valence-corrected chi connectivity index (χ2v) is 10.3. The first-order valence-corrected chi connectivity index (χ1v) is 13.5. The van der Waals surface area contributed by atoms with E-state index in [-0.39, 0.29) is 12.0 Å². The molecular formula is C36H34N2+2. The molecule has 0 amide bonds. The molecule has 38 heavy (non-hydrogen) atoms. The molecular weight excluding hydrogens is 460 g/mol. The first-order chi connectivity index (χ1) is 18.6. The van der Waals surface area contributed by atoms with Crippen LogP contribution in [0.25, 0.3) is 33.7 Å². The van der Waals surface area contributed by atoms with E-state index in [1.165, 1.54) is 50.4 Å². The van der Waals surface area contributed by atoms with Crippen LogP contribution < -0.4 is 9.13 Å². The van der Waals surface area contributed by atoms with Crippen LogP contribution >= 0.6 is 0 Å². The average molecular weight is 495 g/mol. The predicted molar refractivity (Wildman–Crippen MR) is 157 cm³/mol. The standard InChI is InChI=1S/C36H34N2/c1-5-13-32-29(6-2)33-21-19-27-15-8-10-17-31(27)35-22-20-28(30-16-9-7-14-25(30)3)24-38(35)26(4)36(33)37-23-12-11-18-34(32)37/h5-18,20,22-24,33,36H,1,4,19,21H2,2-3H3/q+2/b29-6+,32-13?. The summed E-state index contributed by atoms with van der Waals surface area (Å²) in [7, 11) is 0. The number of aromatic nitrogens is 2. The van der Waals surface area contributed by atoms with Gasteiger partial charge in [0.15, 0.2) is 12.4 Å². The summed E-state index contributed by atoms with van der Waals surface area (Å²) in [5.74, 6) is 0.284. The Hall–Kier alpha value is -4.30. The Bertz CT molecular complexity index is 1630. The van der Waals surface area contributed by atoms with Gasteiger partial charge in [-0.1, -0.05) is 61.2 Å². The van der Waals surface area contributed by atoms with Gasteiger partial charge in [-0.05, 0) is 79.8 Å². The maximum absolute atomic E-state index is 4.83. The summed E-state index contributed by atoms with van der Waals surface area (Å²) < 4.78 is 4.80. The third-order valence-corrected chi connectivity index (χ3v) is 8.23. The van der Waals surface area contributed by atoms with Crippen LogP contribution in [0.4, 0.5) is 0 Å². The summed E-state index contributed by atoms with van der Waals surface area (Å²) in [4.78, 5) is 0. The molecule has 0 saturated heterocycles. The van der Waals surface area contributed by atoms with Crippen molar-refractivity contribution in [3.05, 3.63) is 145 Å². The molecule has 2 unspecified atom stereocenters. The Kier molecular flexibility index (Phi) is 6.25. The summed E-state index contributed by atoms with van der Waals surface area (Å²) >= 11 is 0. The zero-order valence-electron chi connectivity index (χ0n) is 22.3. The Morgan fingerprint density at radius 1 is 0.868 bits per heavy atom. The number of aryl methyl sites for hydroxylation is 2. The van der Waals surface area contributed by atoms with Gasteiger partial charge in [0.25, 0.3) is 0 Å². The molecule has 4 aromatic rings. The fourth-order valence-electron chi connectivity index (χ4n) is 6.47. The number of hydrogen-bond donors (Lipinski definition) is 0. The highest BCUT2D eigenvalue weighted by molar-refractivity contribution is 5.79. The number of nitrogens with zero attached hydrogens (tertiary/aromatic N) is 2. The Labute approximate surface area is 226 Å². The van der Waals surface area contributed by atoms with Gasteiger partial charge in [0, 0.05) is 34.9 Å². The summed E-state index contributed by atoms with van der Waals surface area (Å²) in [6.07, 6.45) is 12.9. The number of hydrogen-bond acceptors (Lipinski definition) is 0. The maximum Gasteiger partial charge on any atom is 0.249 e. The first kappa shape index (κ1) is 24.1. The molecule has 0 N–H and O–H groups in total. The topological polar surface area (TPSA) is 7.76 Å². The van der Waals surface area contributed by atoms with Crippen molar-refractivity contribution in [3.8, 4) is 22.4 Å². The normalized spacial score (nSPS) is 20.4. The molecule has 2 aliphatic rings. The van der Waals surface area contributed by atoms with E-state index in [1.807, 2.05) is 6.08 Å². The molecule has 0 fully saturated rings. The molecule has 2 aliphatic heterocycles. The van der Waals surface area contributed by atoms with Crippen LogP contribution in [0.2, 0.25) is 0 Å². The predicted octanol–water partition coefficient (Wildman–Crippen LogP) is 7.71. The van der Waals surface area contributed by atoms with Gasteiger partial charge in [-0.3, -0.25) is 0 Å². The molecule has 2 aromatic heterocycles. The highest BCUT2D eigenvalue weighted by Gasteiger charge is 2.47. The maximum atomic E-state index is 4.83. The van der Waals surface area contributed by atoms with E-state index < -0.39 is 0 Å². The number of fused-ring (bicyclic) bond motifs is 6. The molecule has 0 radical (unpaired) electrons. The summed E-state index contributed by atoms with van der Waals surface area (Å²) in [6, 6.07) is 28.6. The molecule has 6 rings (SSSR count). The highest BCUT2D eigenvalue weighted by Crippen LogP contribution is 2.44. The van der Waals surface area contributed by atoms with Crippen molar-refractivity contribution in [3.63, 3.8) is 0 Å². The minimum Gasteiger partial charge on any atom is -0.184 e. The van der Waals surface area contributed by atoms with E-state index >= 15 is 0 Å². The molecule has 4 heterocycles. The fraction of sp³-hybridized carbons (Fsp3) is 0.167. The van der Waals surface area contributed by atoms with Crippen LogP contribution in [0, 0.1) is 12.8 Å². The molecule has 2 heteroatoms. The van der Waals surface area contributed by atoms with Crippen LogP contribution in [0.15, 0.2) is 128 Å². The monoisotopic (exact) mass is 494 g/mol. The van der Waals surface area contributed by atoms with Crippen LogP contribution in [0.1, 0.15) is 36.2 Å². The minimum absolute atomic E-state index is 0.0875. The Morgan fingerprint density at radius 3 is 2.42 bits per heavy atom. The zero-order chi connectivity index (χ0) is 26.2. The van der Waals surface area contributed by atoms with Crippen LogP contribution in [0.5, 0.6) is 0 Å². The van der Waals surface area contributed by atoms with Gasteiger partial charge >= 0.3 is 0 Å². The lowest BCUT2D eigenvalue weighted by Crippen LogP contribution is -2.55. The minimum atomic E-state index is 0.0875. The van der Waals surface area contributed by atoms with E-state index in [1.54, 1.807) is 0 Å². The summed E-state index contributed by atoms with van der Waals surface area (Å²) in [6.45, 7) is 13.2. The van der Waals surface area contributed by atoms with Crippen molar-refractivity contribution >= 4 is 11.3 Å². The number of pyridine rings is 2. The summed E-state index contributed by atoms with van der Waals surface area (Å²) in [5.41, 5.74) is 12.5. The van der Waals surface area contributed by atoms with Crippen LogP contribution in [-0.2, 0) is 6.42 Å². The third kappa shape index (κ3) is 3.88. The van der Waals surface area contributed by atoms with Crippen LogP contribution in [-0.4, -0.2) is 0 Å². The van der Waals surface area contributed by atoms with Gasteiger partial charge in [0.1, 0.15) is 0 Å². The second-order valence-electron chi connectivity index (χ2n) is 10.3. The average Bonchev–Trinajstić information content (AvgIpc) is 3.00. The van der Waals surface area contributed by atoms with E-state index in [2.05, 4.69) is 133 Å².